The summed E-state index contributed by atoms with van der Waals surface area (Å²) in [5.74, 6) is 1.27. The van der Waals surface area contributed by atoms with Crippen molar-refractivity contribution in [3.63, 3.8) is 0 Å². The van der Waals surface area contributed by atoms with Crippen LogP contribution in [-0.2, 0) is 11.4 Å². The first kappa shape index (κ1) is 12.6. The molecule has 3 N–H and O–H groups in total. The number of aliphatic hydroxyl groups excluding tert-OH is 1. The minimum absolute atomic E-state index is 0.0228. The van der Waals surface area contributed by atoms with Gasteiger partial charge in [0, 0.05) is 0 Å². The van der Waals surface area contributed by atoms with Gasteiger partial charge in [0.2, 0.25) is 5.89 Å². The zero-order valence-corrected chi connectivity index (χ0v) is 10.6. The molecule has 0 saturated heterocycles. The third kappa shape index (κ3) is 2.88. The van der Waals surface area contributed by atoms with Gasteiger partial charge in [-0.25, -0.2) is 4.98 Å². The molecular weight excluding hydrogens is 254 g/mol. The molecule has 2 aromatic rings. The lowest BCUT2D eigenvalue weighted by atomic mass is 10.4. The lowest BCUT2D eigenvalue weighted by molar-refractivity contribution is 0.124. The Morgan fingerprint density at radius 3 is 3.17 bits per heavy atom. The minimum Gasteiger partial charge on any atom is -0.440 e. The molecule has 0 aliphatic carbocycles. The highest BCUT2D eigenvalue weighted by molar-refractivity contribution is 7.13. The van der Waals surface area contributed by atoms with E-state index in [1.54, 1.807) is 11.3 Å². The number of thiophene rings is 1. The number of oxime groups is 1. The molecule has 0 spiro atoms. The fourth-order valence-corrected chi connectivity index (χ4v) is 1.92. The second-order valence-corrected chi connectivity index (χ2v) is 4.46. The molecule has 0 aliphatic rings. The van der Waals surface area contributed by atoms with Gasteiger partial charge in [-0.2, -0.15) is 0 Å². The van der Waals surface area contributed by atoms with Gasteiger partial charge in [0.15, 0.2) is 12.4 Å². The maximum atomic E-state index is 8.65. The summed E-state index contributed by atoms with van der Waals surface area (Å²) in [7, 11) is 0. The third-order valence-electron chi connectivity index (χ3n) is 2.17. The molecule has 0 aliphatic heterocycles. The average molecular weight is 267 g/mol. The van der Waals surface area contributed by atoms with Crippen molar-refractivity contribution in [3.05, 3.63) is 29.0 Å². The van der Waals surface area contributed by atoms with Crippen LogP contribution in [0.5, 0.6) is 0 Å². The number of nitrogens with zero attached hydrogens (tertiary/aromatic N) is 2. The van der Waals surface area contributed by atoms with Gasteiger partial charge in [-0.1, -0.05) is 11.2 Å². The number of amidine groups is 1. The van der Waals surface area contributed by atoms with Crippen LogP contribution in [0.3, 0.4) is 0 Å². The number of aromatic nitrogens is 1. The fraction of sp³-hybridized carbons (Fsp3) is 0.273. The molecule has 7 heteroatoms. The standard InChI is InChI=1S/C11H13N3O3S/c1-7-8(6-16-14-10(12)5-15)13-11(17-7)9-3-2-4-18-9/h2-4,15H,5-6H2,1H3,(H2,12,14). The summed E-state index contributed by atoms with van der Waals surface area (Å²) in [5.41, 5.74) is 5.95. The third-order valence-corrected chi connectivity index (χ3v) is 3.03. The van der Waals surface area contributed by atoms with E-state index in [0.29, 0.717) is 17.3 Å². The molecule has 6 nitrogen and oxygen atoms in total. The molecule has 0 unspecified atom stereocenters. The van der Waals surface area contributed by atoms with E-state index < -0.39 is 0 Å². The van der Waals surface area contributed by atoms with Crippen LogP contribution in [-0.4, -0.2) is 22.5 Å². The van der Waals surface area contributed by atoms with E-state index in [0.717, 1.165) is 4.88 Å². The van der Waals surface area contributed by atoms with Crippen molar-refractivity contribution in [2.24, 2.45) is 10.9 Å². The Bertz CT molecular complexity index is 534. The molecule has 0 atom stereocenters. The zero-order valence-electron chi connectivity index (χ0n) is 9.79. The van der Waals surface area contributed by atoms with Gasteiger partial charge >= 0.3 is 0 Å². The number of nitrogens with two attached hydrogens (primary N) is 1. The monoisotopic (exact) mass is 267 g/mol. The Morgan fingerprint density at radius 1 is 1.67 bits per heavy atom. The average Bonchev–Trinajstić information content (AvgIpc) is 2.99. The Kier molecular flexibility index (Phi) is 3.96. The number of hydrogen-bond donors (Lipinski definition) is 2. The predicted molar refractivity (Wildman–Crippen MR) is 68.1 cm³/mol. The second kappa shape index (κ2) is 5.65. The Morgan fingerprint density at radius 2 is 2.50 bits per heavy atom. The summed E-state index contributed by atoms with van der Waals surface area (Å²) in [4.78, 5) is 10.2. The van der Waals surface area contributed by atoms with Gasteiger partial charge in [-0.05, 0) is 18.4 Å². The van der Waals surface area contributed by atoms with E-state index in [1.807, 2.05) is 24.4 Å². The van der Waals surface area contributed by atoms with Crippen LogP contribution in [0, 0.1) is 6.92 Å². The summed E-state index contributed by atoms with van der Waals surface area (Å²) in [5, 5.41) is 14.1. The topological polar surface area (TPSA) is 93.9 Å². The number of oxazole rings is 1. The number of aliphatic hydroxyl groups is 1. The van der Waals surface area contributed by atoms with Crippen LogP contribution in [0.1, 0.15) is 11.5 Å². The van der Waals surface area contributed by atoms with Gasteiger partial charge in [-0.3, -0.25) is 0 Å². The maximum Gasteiger partial charge on any atom is 0.236 e. The van der Waals surface area contributed by atoms with E-state index >= 15 is 0 Å². The Balaban J connectivity index is 2.06. The Labute approximate surface area is 108 Å². The first-order chi connectivity index (χ1) is 8.70. The van der Waals surface area contributed by atoms with Crippen LogP contribution >= 0.6 is 11.3 Å². The summed E-state index contributed by atoms with van der Waals surface area (Å²) in [6.07, 6.45) is 0. The van der Waals surface area contributed by atoms with Gasteiger partial charge in [0.1, 0.15) is 18.1 Å². The highest BCUT2D eigenvalue weighted by atomic mass is 32.1. The molecule has 0 fully saturated rings. The summed E-state index contributed by atoms with van der Waals surface area (Å²) < 4.78 is 5.53. The smallest absolute Gasteiger partial charge is 0.236 e. The molecule has 2 aromatic heterocycles. The molecular formula is C11H13N3O3S. The molecule has 0 bridgehead atoms. The van der Waals surface area contributed by atoms with Crippen LogP contribution in [0.4, 0.5) is 0 Å². The van der Waals surface area contributed by atoms with Crippen molar-refractivity contribution < 1.29 is 14.4 Å². The van der Waals surface area contributed by atoms with E-state index in [4.69, 9.17) is 20.1 Å². The normalized spacial score (nSPS) is 11.8. The van der Waals surface area contributed by atoms with E-state index in [-0.39, 0.29) is 19.0 Å². The molecule has 0 saturated carbocycles. The minimum atomic E-state index is -0.335. The van der Waals surface area contributed by atoms with Gasteiger partial charge in [-0.15, -0.1) is 11.3 Å². The Hall–Kier alpha value is -1.86. The molecule has 96 valence electrons. The molecule has 18 heavy (non-hydrogen) atoms. The van der Waals surface area contributed by atoms with Crippen LogP contribution in [0.2, 0.25) is 0 Å². The van der Waals surface area contributed by atoms with Crippen LogP contribution in [0.25, 0.3) is 10.8 Å². The number of aryl methyl sites for hydroxylation is 1. The van der Waals surface area contributed by atoms with Crippen molar-refractivity contribution in [2.45, 2.75) is 13.5 Å². The lowest BCUT2D eigenvalue weighted by Gasteiger charge is -1.97. The predicted octanol–water partition coefficient (Wildman–Crippen LogP) is 1.49. The first-order valence-electron chi connectivity index (χ1n) is 5.26. The molecule has 0 aromatic carbocycles. The zero-order chi connectivity index (χ0) is 13.0. The highest BCUT2D eigenvalue weighted by Gasteiger charge is 2.12. The summed E-state index contributed by atoms with van der Waals surface area (Å²) >= 11 is 1.55. The SMILES string of the molecule is Cc1oc(-c2cccs2)nc1CON=C(N)CO. The second-order valence-electron chi connectivity index (χ2n) is 3.51. The van der Waals surface area contributed by atoms with Crippen molar-refractivity contribution >= 4 is 17.2 Å². The highest BCUT2D eigenvalue weighted by Crippen LogP contribution is 2.26. The van der Waals surface area contributed by atoms with E-state index in [1.165, 1.54) is 0 Å². The van der Waals surface area contributed by atoms with Crippen LogP contribution < -0.4 is 5.73 Å². The van der Waals surface area contributed by atoms with Crippen LogP contribution in [0.15, 0.2) is 27.1 Å². The lowest BCUT2D eigenvalue weighted by Crippen LogP contribution is -2.16. The van der Waals surface area contributed by atoms with Crippen molar-refractivity contribution in [1.82, 2.24) is 4.98 Å². The molecule has 0 amide bonds. The molecule has 2 heterocycles. The number of hydrogen-bond acceptors (Lipinski definition) is 6. The maximum absolute atomic E-state index is 8.65. The molecule has 2 rings (SSSR count). The first-order valence-corrected chi connectivity index (χ1v) is 6.14. The largest absolute Gasteiger partial charge is 0.440 e. The van der Waals surface area contributed by atoms with E-state index in [9.17, 15) is 0 Å². The van der Waals surface area contributed by atoms with E-state index in [2.05, 4.69) is 10.1 Å². The van der Waals surface area contributed by atoms with Crippen molar-refractivity contribution in [3.8, 4) is 10.8 Å². The fourth-order valence-electron chi connectivity index (χ4n) is 1.27. The van der Waals surface area contributed by atoms with Gasteiger partial charge in [0.25, 0.3) is 0 Å². The number of rotatable bonds is 5. The summed E-state index contributed by atoms with van der Waals surface area (Å²) in [6.45, 7) is 1.63. The van der Waals surface area contributed by atoms with Crippen molar-refractivity contribution in [2.75, 3.05) is 6.61 Å². The van der Waals surface area contributed by atoms with Crippen molar-refractivity contribution in [1.29, 1.82) is 0 Å². The summed E-state index contributed by atoms with van der Waals surface area (Å²) in [6, 6.07) is 3.87. The quantitative estimate of drug-likeness (QED) is 0.486. The molecule has 0 radical (unpaired) electrons. The van der Waals surface area contributed by atoms with Gasteiger partial charge < -0.3 is 20.1 Å². The van der Waals surface area contributed by atoms with Gasteiger partial charge in [0.05, 0.1) is 4.88 Å².